The van der Waals surface area contributed by atoms with Gasteiger partial charge in [-0.15, -0.1) is 0 Å². The highest BCUT2D eigenvalue weighted by atomic mass is 16.5. The van der Waals surface area contributed by atoms with Crippen molar-refractivity contribution in [2.45, 2.75) is 39.7 Å². The molecule has 4 nitrogen and oxygen atoms in total. The fourth-order valence-corrected chi connectivity index (χ4v) is 2.65. The van der Waals surface area contributed by atoms with Crippen molar-refractivity contribution in [1.82, 2.24) is 9.80 Å². The van der Waals surface area contributed by atoms with E-state index in [1.165, 1.54) is 12.8 Å². The van der Waals surface area contributed by atoms with Crippen LogP contribution in [-0.4, -0.2) is 68.3 Å². The van der Waals surface area contributed by atoms with Crippen LogP contribution in [0.5, 0.6) is 0 Å². The van der Waals surface area contributed by atoms with Crippen LogP contribution < -0.4 is 5.73 Å². The van der Waals surface area contributed by atoms with Gasteiger partial charge in [0.1, 0.15) is 0 Å². The lowest BCUT2D eigenvalue weighted by Crippen LogP contribution is -2.52. The Kier molecular flexibility index (Phi) is 8.62. The molecule has 0 aromatic rings. The average molecular weight is 271 g/mol. The SMILES string of the molecule is CCCC(CN)N1CCN(CCOCC(C)C)CC1. The van der Waals surface area contributed by atoms with Gasteiger partial charge in [-0.25, -0.2) is 0 Å². The van der Waals surface area contributed by atoms with Crippen molar-refractivity contribution >= 4 is 0 Å². The Bertz CT molecular complexity index is 215. The highest BCUT2D eigenvalue weighted by Crippen LogP contribution is 2.10. The first-order chi connectivity index (χ1) is 9.17. The van der Waals surface area contributed by atoms with E-state index in [1.54, 1.807) is 0 Å². The molecule has 0 spiro atoms. The number of rotatable bonds is 9. The molecule has 0 aromatic heterocycles. The molecular weight excluding hydrogens is 238 g/mol. The van der Waals surface area contributed by atoms with Crippen LogP contribution in [0.1, 0.15) is 33.6 Å². The van der Waals surface area contributed by atoms with Gasteiger partial charge in [-0.3, -0.25) is 9.80 Å². The van der Waals surface area contributed by atoms with E-state index in [9.17, 15) is 0 Å². The van der Waals surface area contributed by atoms with Crippen molar-refractivity contribution in [3.8, 4) is 0 Å². The van der Waals surface area contributed by atoms with Gasteiger partial charge in [0.15, 0.2) is 0 Å². The molecular formula is C15H33N3O. The van der Waals surface area contributed by atoms with Crippen molar-refractivity contribution < 1.29 is 4.74 Å². The molecule has 1 atom stereocenters. The first-order valence-corrected chi connectivity index (χ1v) is 7.91. The maximum absolute atomic E-state index is 5.88. The third kappa shape index (κ3) is 6.70. The Hall–Kier alpha value is -0.160. The number of hydrogen-bond donors (Lipinski definition) is 1. The molecule has 1 fully saturated rings. The molecule has 0 aromatic carbocycles. The molecule has 1 unspecified atom stereocenters. The van der Waals surface area contributed by atoms with Gasteiger partial charge in [-0.05, 0) is 12.3 Å². The lowest BCUT2D eigenvalue weighted by molar-refractivity contribution is 0.0528. The molecule has 0 amide bonds. The van der Waals surface area contributed by atoms with Crippen molar-refractivity contribution in [2.24, 2.45) is 11.7 Å². The Morgan fingerprint density at radius 2 is 1.84 bits per heavy atom. The van der Waals surface area contributed by atoms with Gasteiger partial charge in [0.05, 0.1) is 6.61 Å². The van der Waals surface area contributed by atoms with Gasteiger partial charge in [0.25, 0.3) is 0 Å². The minimum atomic E-state index is 0.587. The van der Waals surface area contributed by atoms with Gasteiger partial charge < -0.3 is 10.5 Å². The Morgan fingerprint density at radius 3 is 2.37 bits per heavy atom. The summed E-state index contributed by atoms with van der Waals surface area (Å²) in [5.41, 5.74) is 5.88. The van der Waals surface area contributed by atoms with Crippen LogP contribution in [-0.2, 0) is 4.74 Å². The van der Waals surface area contributed by atoms with E-state index < -0.39 is 0 Å². The summed E-state index contributed by atoms with van der Waals surface area (Å²) < 4.78 is 5.66. The number of ether oxygens (including phenoxy) is 1. The molecule has 114 valence electrons. The monoisotopic (exact) mass is 271 g/mol. The highest BCUT2D eigenvalue weighted by molar-refractivity contribution is 4.78. The van der Waals surface area contributed by atoms with Gasteiger partial charge in [0.2, 0.25) is 0 Å². The Morgan fingerprint density at radius 1 is 1.16 bits per heavy atom. The zero-order valence-corrected chi connectivity index (χ0v) is 13.1. The molecule has 1 heterocycles. The van der Waals surface area contributed by atoms with Crippen LogP contribution in [0.15, 0.2) is 0 Å². The summed E-state index contributed by atoms with van der Waals surface area (Å²) in [4.78, 5) is 5.07. The summed E-state index contributed by atoms with van der Waals surface area (Å²) in [5, 5.41) is 0. The molecule has 1 saturated heterocycles. The minimum absolute atomic E-state index is 0.587. The van der Waals surface area contributed by atoms with Crippen LogP contribution in [0.3, 0.4) is 0 Å². The third-order valence-corrected chi connectivity index (χ3v) is 3.82. The van der Waals surface area contributed by atoms with Gasteiger partial charge in [-0.1, -0.05) is 27.2 Å². The second-order valence-electron chi connectivity index (χ2n) is 6.02. The fourth-order valence-electron chi connectivity index (χ4n) is 2.65. The van der Waals surface area contributed by atoms with Crippen LogP contribution >= 0.6 is 0 Å². The maximum Gasteiger partial charge on any atom is 0.0593 e. The molecule has 4 heteroatoms. The van der Waals surface area contributed by atoms with E-state index in [-0.39, 0.29) is 0 Å². The minimum Gasteiger partial charge on any atom is -0.380 e. The van der Waals surface area contributed by atoms with E-state index in [2.05, 4.69) is 30.6 Å². The summed E-state index contributed by atoms with van der Waals surface area (Å²) in [6, 6.07) is 0.587. The predicted octanol–water partition coefficient (Wildman–Crippen LogP) is 1.40. The lowest BCUT2D eigenvalue weighted by Gasteiger charge is -2.39. The van der Waals surface area contributed by atoms with E-state index in [1.807, 2.05) is 0 Å². The van der Waals surface area contributed by atoms with Crippen LogP contribution in [0.2, 0.25) is 0 Å². The number of hydrogen-bond acceptors (Lipinski definition) is 4. The number of nitrogens with zero attached hydrogens (tertiary/aromatic N) is 2. The predicted molar refractivity (Wildman–Crippen MR) is 81.4 cm³/mol. The van der Waals surface area contributed by atoms with E-state index in [0.717, 1.165) is 52.5 Å². The third-order valence-electron chi connectivity index (χ3n) is 3.82. The van der Waals surface area contributed by atoms with Crippen molar-refractivity contribution in [1.29, 1.82) is 0 Å². The second-order valence-corrected chi connectivity index (χ2v) is 6.02. The largest absolute Gasteiger partial charge is 0.380 e. The molecule has 19 heavy (non-hydrogen) atoms. The van der Waals surface area contributed by atoms with Crippen LogP contribution in [0, 0.1) is 5.92 Å². The molecule has 0 saturated carbocycles. The van der Waals surface area contributed by atoms with Gasteiger partial charge >= 0.3 is 0 Å². The summed E-state index contributed by atoms with van der Waals surface area (Å²) in [6.45, 7) is 14.9. The fraction of sp³-hybridized carbons (Fsp3) is 1.00. The molecule has 1 aliphatic rings. The standard InChI is InChI=1S/C15H33N3O/c1-4-5-15(12-16)18-8-6-17(7-9-18)10-11-19-13-14(2)3/h14-15H,4-13,16H2,1-3H3. The Labute approximate surface area is 119 Å². The van der Waals surface area contributed by atoms with Gasteiger partial charge in [0, 0.05) is 51.9 Å². The molecule has 1 aliphatic heterocycles. The van der Waals surface area contributed by atoms with Crippen LogP contribution in [0.25, 0.3) is 0 Å². The van der Waals surface area contributed by atoms with E-state index in [4.69, 9.17) is 10.5 Å². The second kappa shape index (κ2) is 9.70. The maximum atomic E-state index is 5.88. The van der Waals surface area contributed by atoms with Crippen molar-refractivity contribution in [2.75, 3.05) is 52.5 Å². The molecule has 0 radical (unpaired) electrons. The summed E-state index contributed by atoms with van der Waals surface area (Å²) in [5.74, 6) is 0.635. The summed E-state index contributed by atoms with van der Waals surface area (Å²) in [6.07, 6.45) is 2.46. The molecule has 1 rings (SSSR count). The lowest BCUT2D eigenvalue weighted by atomic mass is 10.1. The zero-order valence-electron chi connectivity index (χ0n) is 13.1. The first kappa shape index (κ1) is 16.9. The van der Waals surface area contributed by atoms with Gasteiger partial charge in [-0.2, -0.15) is 0 Å². The Balaban J connectivity index is 2.14. The number of piperazine rings is 1. The molecule has 0 bridgehead atoms. The smallest absolute Gasteiger partial charge is 0.0593 e. The summed E-state index contributed by atoms with van der Waals surface area (Å²) >= 11 is 0. The zero-order chi connectivity index (χ0) is 14.1. The highest BCUT2D eigenvalue weighted by Gasteiger charge is 2.21. The van der Waals surface area contributed by atoms with E-state index >= 15 is 0 Å². The average Bonchev–Trinajstić information content (AvgIpc) is 2.41. The van der Waals surface area contributed by atoms with E-state index in [0.29, 0.717) is 12.0 Å². The van der Waals surface area contributed by atoms with Crippen molar-refractivity contribution in [3.63, 3.8) is 0 Å². The van der Waals surface area contributed by atoms with Crippen molar-refractivity contribution in [3.05, 3.63) is 0 Å². The molecule has 0 aliphatic carbocycles. The topological polar surface area (TPSA) is 41.7 Å². The summed E-state index contributed by atoms with van der Waals surface area (Å²) in [7, 11) is 0. The number of nitrogens with two attached hydrogens (primary N) is 1. The first-order valence-electron chi connectivity index (χ1n) is 7.91. The van der Waals surface area contributed by atoms with Crippen LogP contribution in [0.4, 0.5) is 0 Å². The quantitative estimate of drug-likeness (QED) is 0.644. The molecule has 2 N–H and O–H groups in total. The normalized spacial score (nSPS) is 20.1.